The number of carbonyl (C=O) groups excluding carboxylic acids is 1. The third-order valence-corrected chi connectivity index (χ3v) is 4.34. The molecule has 25 heavy (non-hydrogen) atoms. The lowest BCUT2D eigenvalue weighted by molar-refractivity contribution is 0.0342. The third kappa shape index (κ3) is 4.72. The number of nitrogens with one attached hydrogen (secondary N) is 1. The van der Waals surface area contributed by atoms with Crippen molar-refractivity contribution < 1.29 is 14.3 Å². The summed E-state index contributed by atoms with van der Waals surface area (Å²) in [5.41, 5.74) is 2.26. The van der Waals surface area contributed by atoms with Crippen LogP contribution in [0.25, 0.3) is 0 Å². The predicted molar refractivity (Wildman–Crippen MR) is 98.5 cm³/mol. The highest BCUT2D eigenvalue weighted by Gasteiger charge is 2.13. The van der Waals surface area contributed by atoms with Gasteiger partial charge in [-0.25, -0.2) is 0 Å². The van der Waals surface area contributed by atoms with Gasteiger partial charge in [-0.05, 0) is 35.9 Å². The number of benzene rings is 2. The van der Waals surface area contributed by atoms with Crippen molar-refractivity contribution in [2.45, 2.75) is 6.54 Å². The Kier molecular flexibility index (Phi) is 5.91. The van der Waals surface area contributed by atoms with E-state index in [1.807, 2.05) is 18.2 Å². The Bertz CT molecular complexity index is 745. The van der Waals surface area contributed by atoms with Gasteiger partial charge in [0.05, 0.1) is 26.0 Å². The van der Waals surface area contributed by atoms with Crippen molar-refractivity contribution >= 4 is 23.2 Å². The lowest BCUT2D eigenvalue weighted by atomic mass is 10.1. The average Bonchev–Trinajstić information content (AvgIpc) is 2.63. The van der Waals surface area contributed by atoms with Crippen molar-refractivity contribution in [3.63, 3.8) is 0 Å². The highest BCUT2D eigenvalue weighted by atomic mass is 35.5. The molecule has 1 N–H and O–H groups in total. The molecule has 0 atom stereocenters. The molecule has 1 aliphatic rings. The molecule has 0 saturated carbocycles. The van der Waals surface area contributed by atoms with Crippen LogP contribution in [-0.2, 0) is 11.3 Å². The molecular weight excluding hydrogens is 340 g/mol. The summed E-state index contributed by atoms with van der Waals surface area (Å²) in [5.74, 6) is 0.381. The Balaban J connectivity index is 1.72. The maximum absolute atomic E-state index is 12.6. The zero-order valence-electron chi connectivity index (χ0n) is 14.1. The van der Waals surface area contributed by atoms with Gasteiger partial charge in [-0.1, -0.05) is 23.7 Å². The minimum atomic E-state index is -0.190. The molecule has 1 aliphatic heterocycles. The quantitative estimate of drug-likeness (QED) is 0.887. The lowest BCUT2D eigenvalue weighted by Crippen LogP contribution is -2.35. The van der Waals surface area contributed by atoms with E-state index in [1.165, 1.54) is 0 Å². The number of carbonyl (C=O) groups is 1. The van der Waals surface area contributed by atoms with Crippen molar-refractivity contribution in [3.8, 4) is 5.75 Å². The first-order chi connectivity index (χ1) is 12.2. The molecule has 3 rings (SSSR count). The molecule has 1 fully saturated rings. The first-order valence-electron chi connectivity index (χ1n) is 8.19. The number of amides is 1. The smallest absolute Gasteiger partial charge is 0.255 e. The number of ether oxygens (including phenoxy) is 2. The summed E-state index contributed by atoms with van der Waals surface area (Å²) in [7, 11) is 1.56. The fourth-order valence-corrected chi connectivity index (χ4v) is 2.97. The number of morpholine rings is 1. The van der Waals surface area contributed by atoms with Crippen LogP contribution < -0.4 is 10.1 Å². The molecule has 5 nitrogen and oxygen atoms in total. The Morgan fingerprint density at radius 1 is 1.24 bits per heavy atom. The summed E-state index contributed by atoms with van der Waals surface area (Å²) in [6.07, 6.45) is 0. The molecule has 0 spiro atoms. The molecule has 0 aliphatic carbocycles. The Morgan fingerprint density at radius 3 is 2.80 bits per heavy atom. The van der Waals surface area contributed by atoms with Gasteiger partial charge in [-0.15, -0.1) is 0 Å². The zero-order valence-corrected chi connectivity index (χ0v) is 14.9. The molecule has 0 bridgehead atoms. The first-order valence-corrected chi connectivity index (χ1v) is 8.57. The van der Waals surface area contributed by atoms with E-state index < -0.39 is 0 Å². The topological polar surface area (TPSA) is 50.8 Å². The van der Waals surface area contributed by atoms with E-state index in [0.717, 1.165) is 38.4 Å². The standard InChI is InChI=1S/C19H21ClN2O3/c1-24-18-6-5-16(20)12-17(18)21-19(23)15-4-2-3-14(11-15)13-22-7-9-25-10-8-22/h2-6,11-12H,7-10,13H2,1H3,(H,21,23). The number of anilines is 1. The minimum absolute atomic E-state index is 0.190. The average molecular weight is 361 g/mol. The molecule has 1 saturated heterocycles. The van der Waals surface area contributed by atoms with E-state index in [4.69, 9.17) is 21.1 Å². The first kappa shape index (κ1) is 17.7. The summed E-state index contributed by atoms with van der Waals surface area (Å²) in [5, 5.41) is 3.41. The fraction of sp³-hybridized carbons (Fsp3) is 0.316. The molecule has 6 heteroatoms. The third-order valence-electron chi connectivity index (χ3n) is 4.11. The second-order valence-electron chi connectivity index (χ2n) is 5.89. The summed E-state index contributed by atoms with van der Waals surface area (Å²) in [4.78, 5) is 14.9. The molecular formula is C19H21ClN2O3. The van der Waals surface area contributed by atoms with Crippen molar-refractivity contribution in [1.29, 1.82) is 0 Å². The number of rotatable bonds is 5. The van der Waals surface area contributed by atoms with Crippen LogP contribution in [0.2, 0.25) is 5.02 Å². The van der Waals surface area contributed by atoms with E-state index in [0.29, 0.717) is 22.0 Å². The molecule has 2 aromatic rings. The SMILES string of the molecule is COc1ccc(Cl)cc1NC(=O)c1cccc(CN2CCOCC2)c1. The Labute approximate surface area is 152 Å². The number of halogens is 1. The van der Waals surface area contributed by atoms with E-state index in [-0.39, 0.29) is 5.91 Å². The minimum Gasteiger partial charge on any atom is -0.495 e. The Morgan fingerprint density at radius 2 is 2.04 bits per heavy atom. The second-order valence-corrected chi connectivity index (χ2v) is 6.32. The largest absolute Gasteiger partial charge is 0.495 e. The maximum Gasteiger partial charge on any atom is 0.255 e. The van der Waals surface area contributed by atoms with Gasteiger partial charge in [0.25, 0.3) is 5.91 Å². The van der Waals surface area contributed by atoms with Crippen LogP contribution in [-0.4, -0.2) is 44.2 Å². The molecule has 0 radical (unpaired) electrons. The summed E-state index contributed by atoms with van der Waals surface area (Å²) < 4.78 is 10.6. The normalized spacial score (nSPS) is 15.0. The molecule has 2 aromatic carbocycles. The van der Waals surface area contributed by atoms with Crippen molar-refractivity contribution in [2.24, 2.45) is 0 Å². The molecule has 1 amide bonds. The van der Waals surface area contributed by atoms with Crippen LogP contribution in [0.3, 0.4) is 0 Å². The van der Waals surface area contributed by atoms with Gasteiger partial charge in [0.2, 0.25) is 0 Å². The number of nitrogens with zero attached hydrogens (tertiary/aromatic N) is 1. The van der Waals surface area contributed by atoms with Gasteiger partial charge in [0, 0.05) is 30.2 Å². The highest BCUT2D eigenvalue weighted by molar-refractivity contribution is 6.31. The Hall–Kier alpha value is -2.08. The molecule has 1 heterocycles. The maximum atomic E-state index is 12.6. The van der Waals surface area contributed by atoms with Crippen LogP contribution in [0.4, 0.5) is 5.69 Å². The monoisotopic (exact) mass is 360 g/mol. The van der Waals surface area contributed by atoms with Crippen molar-refractivity contribution in [2.75, 3.05) is 38.7 Å². The fourth-order valence-electron chi connectivity index (χ4n) is 2.80. The van der Waals surface area contributed by atoms with Crippen LogP contribution in [0.5, 0.6) is 5.75 Å². The highest BCUT2D eigenvalue weighted by Crippen LogP contribution is 2.28. The second kappa shape index (κ2) is 8.34. The lowest BCUT2D eigenvalue weighted by Gasteiger charge is -2.26. The van der Waals surface area contributed by atoms with Crippen molar-refractivity contribution in [1.82, 2.24) is 4.90 Å². The number of hydrogen-bond acceptors (Lipinski definition) is 4. The van der Waals surface area contributed by atoms with Gasteiger partial charge in [0.15, 0.2) is 0 Å². The van der Waals surface area contributed by atoms with Gasteiger partial charge in [-0.2, -0.15) is 0 Å². The number of hydrogen-bond donors (Lipinski definition) is 1. The van der Waals surface area contributed by atoms with Crippen LogP contribution in [0, 0.1) is 0 Å². The van der Waals surface area contributed by atoms with Crippen LogP contribution in [0.1, 0.15) is 15.9 Å². The van der Waals surface area contributed by atoms with Crippen molar-refractivity contribution in [3.05, 3.63) is 58.6 Å². The van der Waals surface area contributed by atoms with Gasteiger partial charge >= 0.3 is 0 Å². The van der Waals surface area contributed by atoms with E-state index in [1.54, 1.807) is 31.4 Å². The van der Waals surface area contributed by atoms with Crippen LogP contribution in [0.15, 0.2) is 42.5 Å². The van der Waals surface area contributed by atoms with E-state index >= 15 is 0 Å². The molecule has 132 valence electrons. The number of methoxy groups -OCH3 is 1. The van der Waals surface area contributed by atoms with Crippen LogP contribution >= 0.6 is 11.6 Å². The predicted octanol–water partition coefficient (Wildman–Crippen LogP) is 3.43. The summed E-state index contributed by atoms with van der Waals surface area (Å²) >= 11 is 6.01. The van der Waals surface area contributed by atoms with Gasteiger partial charge in [0.1, 0.15) is 5.75 Å². The van der Waals surface area contributed by atoms with E-state index in [9.17, 15) is 4.79 Å². The zero-order chi connectivity index (χ0) is 17.6. The summed E-state index contributed by atoms with van der Waals surface area (Å²) in [6, 6.07) is 12.8. The molecule has 0 aromatic heterocycles. The van der Waals surface area contributed by atoms with Gasteiger partial charge in [-0.3, -0.25) is 9.69 Å². The summed E-state index contributed by atoms with van der Waals surface area (Å²) in [6.45, 7) is 4.15. The molecule has 0 unspecified atom stereocenters. The van der Waals surface area contributed by atoms with Gasteiger partial charge < -0.3 is 14.8 Å². The van der Waals surface area contributed by atoms with E-state index in [2.05, 4.69) is 10.2 Å².